The van der Waals surface area contributed by atoms with Crippen LogP contribution < -0.4 is 5.32 Å². The summed E-state index contributed by atoms with van der Waals surface area (Å²) in [6, 6.07) is -0.161. The monoisotopic (exact) mass is 293 g/mol. The van der Waals surface area contributed by atoms with Crippen LogP contribution in [0.4, 0.5) is 0 Å². The summed E-state index contributed by atoms with van der Waals surface area (Å²) < 4.78 is 1.81. The van der Waals surface area contributed by atoms with Crippen LogP contribution in [-0.2, 0) is 22.7 Å². The number of amides is 2. The molecule has 1 fully saturated rings. The van der Waals surface area contributed by atoms with Gasteiger partial charge in [-0.2, -0.15) is 5.10 Å². The second-order valence-electron chi connectivity index (χ2n) is 6.06. The van der Waals surface area contributed by atoms with E-state index in [4.69, 9.17) is 0 Å². The van der Waals surface area contributed by atoms with Crippen LogP contribution in [0.25, 0.3) is 0 Å². The van der Waals surface area contributed by atoms with Gasteiger partial charge in [-0.05, 0) is 27.2 Å². The lowest BCUT2D eigenvalue weighted by atomic mass is 10.0. The van der Waals surface area contributed by atoms with Crippen molar-refractivity contribution in [3.05, 3.63) is 12.2 Å². The number of hydrogen-bond acceptors (Lipinski definition) is 4. The van der Waals surface area contributed by atoms with Crippen LogP contribution in [0.2, 0.25) is 0 Å². The minimum Gasteiger partial charge on any atom is -0.342 e. The molecular formula is C14H23N5O2. The fraction of sp³-hybridized carbons (Fsp3) is 0.714. The number of carbonyl (C=O) groups excluding carboxylic acids is 2. The summed E-state index contributed by atoms with van der Waals surface area (Å²) in [6.07, 6.45) is 2.76. The summed E-state index contributed by atoms with van der Waals surface area (Å²) in [5.74, 6) is 0.562. The fourth-order valence-electron chi connectivity index (χ4n) is 2.58. The molecule has 1 aromatic rings. The van der Waals surface area contributed by atoms with Gasteiger partial charge in [0.1, 0.15) is 17.7 Å². The molecule has 1 aromatic heterocycles. The van der Waals surface area contributed by atoms with Crippen molar-refractivity contribution in [2.45, 2.75) is 65.2 Å². The molecule has 1 N–H and O–H groups in total. The maximum atomic E-state index is 12.7. The molecule has 2 amide bonds. The van der Waals surface area contributed by atoms with Crippen molar-refractivity contribution in [1.29, 1.82) is 0 Å². The van der Waals surface area contributed by atoms with Crippen LogP contribution in [0.1, 0.15) is 46.4 Å². The van der Waals surface area contributed by atoms with E-state index in [0.29, 0.717) is 13.0 Å². The van der Waals surface area contributed by atoms with Crippen molar-refractivity contribution in [3.8, 4) is 0 Å². The lowest BCUT2D eigenvalue weighted by Crippen LogP contribution is -2.53. The molecule has 1 unspecified atom stereocenters. The highest BCUT2D eigenvalue weighted by molar-refractivity contribution is 5.93. The van der Waals surface area contributed by atoms with E-state index in [0.717, 1.165) is 18.8 Å². The van der Waals surface area contributed by atoms with Crippen LogP contribution >= 0.6 is 0 Å². The van der Waals surface area contributed by atoms with E-state index >= 15 is 0 Å². The SMILES string of the molecule is CCCn1ncnc1CN1C(=O)C(C)(C)NC(=O)CC1C. The average Bonchev–Trinajstić information content (AvgIpc) is 2.79. The van der Waals surface area contributed by atoms with Crippen LogP contribution in [-0.4, -0.2) is 43.1 Å². The van der Waals surface area contributed by atoms with Crippen molar-refractivity contribution in [2.75, 3.05) is 0 Å². The molecule has 1 saturated heterocycles. The van der Waals surface area contributed by atoms with Gasteiger partial charge in [0, 0.05) is 19.0 Å². The zero-order valence-electron chi connectivity index (χ0n) is 13.1. The molecule has 21 heavy (non-hydrogen) atoms. The summed E-state index contributed by atoms with van der Waals surface area (Å²) in [5, 5.41) is 6.96. The van der Waals surface area contributed by atoms with Crippen LogP contribution in [0.5, 0.6) is 0 Å². The number of hydrogen-bond donors (Lipinski definition) is 1. The van der Waals surface area contributed by atoms with Crippen LogP contribution in [0.15, 0.2) is 6.33 Å². The predicted octanol–water partition coefficient (Wildman–Crippen LogP) is 0.704. The normalized spacial score (nSPS) is 22.1. The van der Waals surface area contributed by atoms with E-state index in [1.165, 1.54) is 6.33 Å². The Kier molecular flexibility index (Phi) is 4.29. The van der Waals surface area contributed by atoms with Gasteiger partial charge in [0.05, 0.1) is 6.54 Å². The maximum absolute atomic E-state index is 12.7. The Hall–Kier alpha value is -1.92. The third-order valence-electron chi connectivity index (χ3n) is 3.70. The lowest BCUT2D eigenvalue weighted by molar-refractivity contribution is -0.139. The highest BCUT2D eigenvalue weighted by Gasteiger charge is 2.39. The van der Waals surface area contributed by atoms with Gasteiger partial charge in [-0.15, -0.1) is 0 Å². The van der Waals surface area contributed by atoms with Crippen molar-refractivity contribution < 1.29 is 9.59 Å². The second-order valence-corrected chi connectivity index (χ2v) is 6.06. The first-order chi connectivity index (χ1) is 9.85. The number of nitrogens with zero attached hydrogens (tertiary/aromatic N) is 4. The Morgan fingerprint density at radius 2 is 2.14 bits per heavy atom. The average molecular weight is 293 g/mol. The van der Waals surface area contributed by atoms with Gasteiger partial charge in [-0.3, -0.25) is 9.59 Å². The summed E-state index contributed by atoms with van der Waals surface area (Å²) >= 11 is 0. The highest BCUT2D eigenvalue weighted by Crippen LogP contribution is 2.20. The number of nitrogens with one attached hydrogen (secondary N) is 1. The maximum Gasteiger partial charge on any atom is 0.248 e. The Morgan fingerprint density at radius 1 is 1.43 bits per heavy atom. The Morgan fingerprint density at radius 3 is 2.81 bits per heavy atom. The zero-order valence-corrected chi connectivity index (χ0v) is 13.1. The third-order valence-corrected chi connectivity index (χ3v) is 3.70. The molecule has 2 rings (SSSR count). The predicted molar refractivity (Wildman–Crippen MR) is 77.2 cm³/mol. The number of aromatic nitrogens is 3. The van der Waals surface area contributed by atoms with Gasteiger partial charge in [0.25, 0.3) is 0 Å². The largest absolute Gasteiger partial charge is 0.342 e. The first-order valence-corrected chi connectivity index (χ1v) is 7.34. The first kappa shape index (κ1) is 15.5. The third kappa shape index (κ3) is 3.22. The van der Waals surface area contributed by atoms with Gasteiger partial charge in [0.2, 0.25) is 11.8 Å². The minimum atomic E-state index is -0.891. The summed E-state index contributed by atoms with van der Waals surface area (Å²) in [6.45, 7) is 8.56. The molecule has 0 radical (unpaired) electrons. The zero-order chi connectivity index (χ0) is 15.6. The van der Waals surface area contributed by atoms with E-state index in [1.807, 2.05) is 11.6 Å². The molecule has 1 aliphatic heterocycles. The first-order valence-electron chi connectivity index (χ1n) is 7.34. The van der Waals surface area contributed by atoms with E-state index in [9.17, 15) is 9.59 Å². The molecule has 1 aliphatic rings. The van der Waals surface area contributed by atoms with Crippen LogP contribution in [0, 0.1) is 0 Å². The van der Waals surface area contributed by atoms with Crippen molar-refractivity contribution >= 4 is 11.8 Å². The topological polar surface area (TPSA) is 80.1 Å². The molecular weight excluding hydrogens is 270 g/mol. The number of rotatable bonds is 4. The molecule has 116 valence electrons. The molecule has 7 nitrogen and oxygen atoms in total. The van der Waals surface area contributed by atoms with Gasteiger partial charge >= 0.3 is 0 Å². The standard InChI is InChI=1S/C14H23N5O2/c1-5-6-19-11(15-9-16-19)8-18-10(2)7-12(20)17-14(3,4)13(18)21/h9-10H,5-8H2,1-4H3,(H,17,20). The molecule has 7 heteroatoms. The Bertz CT molecular complexity index is 537. The minimum absolute atomic E-state index is 0.0908. The van der Waals surface area contributed by atoms with E-state index in [2.05, 4.69) is 22.3 Å². The Labute approximate surface area is 124 Å². The van der Waals surface area contributed by atoms with Gasteiger partial charge in [-0.25, -0.2) is 9.67 Å². The van der Waals surface area contributed by atoms with E-state index in [1.54, 1.807) is 18.7 Å². The second kappa shape index (κ2) is 5.83. The number of aryl methyl sites for hydroxylation is 1. The fourth-order valence-corrected chi connectivity index (χ4v) is 2.58. The van der Waals surface area contributed by atoms with Crippen molar-refractivity contribution in [3.63, 3.8) is 0 Å². The quantitative estimate of drug-likeness (QED) is 0.886. The molecule has 0 spiro atoms. The van der Waals surface area contributed by atoms with Gasteiger partial charge < -0.3 is 10.2 Å². The van der Waals surface area contributed by atoms with E-state index in [-0.39, 0.29) is 17.9 Å². The van der Waals surface area contributed by atoms with E-state index < -0.39 is 5.54 Å². The van der Waals surface area contributed by atoms with Crippen LogP contribution in [0.3, 0.4) is 0 Å². The summed E-state index contributed by atoms with van der Waals surface area (Å²) in [7, 11) is 0. The van der Waals surface area contributed by atoms with Crippen molar-refractivity contribution in [1.82, 2.24) is 25.0 Å². The lowest BCUT2D eigenvalue weighted by Gasteiger charge is -2.31. The van der Waals surface area contributed by atoms with Gasteiger partial charge in [0.15, 0.2) is 0 Å². The number of carbonyl (C=O) groups is 2. The molecule has 0 aromatic carbocycles. The Balaban J connectivity index is 2.25. The molecule has 2 heterocycles. The van der Waals surface area contributed by atoms with Gasteiger partial charge in [-0.1, -0.05) is 6.92 Å². The molecule has 0 aliphatic carbocycles. The smallest absolute Gasteiger partial charge is 0.248 e. The molecule has 1 atom stereocenters. The molecule has 0 bridgehead atoms. The summed E-state index contributed by atoms with van der Waals surface area (Å²) in [4.78, 5) is 30.5. The van der Waals surface area contributed by atoms with Crippen molar-refractivity contribution in [2.24, 2.45) is 0 Å². The molecule has 0 saturated carbocycles. The summed E-state index contributed by atoms with van der Waals surface area (Å²) in [5.41, 5.74) is -0.891. The highest BCUT2D eigenvalue weighted by atomic mass is 16.2.